The highest BCUT2D eigenvalue weighted by Gasteiger charge is 2.31. The minimum Gasteiger partial charge on any atom is -0.337 e. The lowest BCUT2D eigenvalue weighted by Gasteiger charge is -2.36. The fourth-order valence-corrected chi connectivity index (χ4v) is 3.63. The number of carbonyl (C=O) groups is 2. The number of halogens is 1. The summed E-state index contributed by atoms with van der Waals surface area (Å²) in [5.41, 5.74) is 1.10. The number of hydrogen-bond donors (Lipinski definition) is 0. The monoisotopic (exact) mass is 347 g/mol. The van der Waals surface area contributed by atoms with E-state index in [4.69, 9.17) is 11.6 Å². The van der Waals surface area contributed by atoms with E-state index in [-0.39, 0.29) is 11.8 Å². The van der Waals surface area contributed by atoms with E-state index in [0.29, 0.717) is 41.1 Å². The summed E-state index contributed by atoms with van der Waals surface area (Å²) in [5.74, 6) is 0.848. The molecule has 2 atom stereocenters. The van der Waals surface area contributed by atoms with Crippen LogP contribution in [0, 0.1) is 11.8 Å². The van der Waals surface area contributed by atoms with Crippen molar-refractivity contribution in [2.75, 3.05) is 18.1 Å². The SMILES string of the molecule is C[C@@H]1C[C@H](C)CN(C(=O)C2=NN(c3ccc(Cl)cc3)C(=O)CC2)C1. The van der Waals surface area contributed by atoms with Crippen molar-refractivity contribution in [1.82, 2.24) is 4.90 Å². The fourth-order valence-electron chi connectivity index (χ4n) is 3.50. The van der Waals surface area contributed by atoms with Crippen molar-refractivity contribution in [2.24, 2.45) is 16.9 Å². The standard InChI is InChI=1S/C18H22ClN3O2/c1-12-9-13(2)11-21(10-12)18(24)16-7-8-17(23)22(20-16)15-5-3-14(19)4-6-15/h3-6,12-13H,7-11H2,1-2H3/t12-,13+. The van der Waals surface area contributed by atoms with Gasteiger partial charge in [-0.05, 0) is 42.5 Å². The number of hydrazone groups is 1. The molecule has 0 spiro atoms. The summed E-state index contributed by atoms with van der Waals surface area (Å²) in [7, 11) is 0. The molecule has 0 aliphatic carbocycles. The van der Waals surface area contributed by atoms with Gasteiger partial charge in [0.15, 0.2) is 0 Å². The van der Waals surface area contributed by atoms with Gasteiger partial charge in [0.05, 0.1) is 5.69 Å². The Bertz CT molecular complexity index is 661. The molecule has 0 radical (unpaired) electrons. The summed E-state index contributed by atoms with van der Waals surface area (Å²) in [6, 6.07) is 6.90. The number of likely N-dealkylation sites (tertiary alicyclic amines) is 1. The molecule has 2 aliphatic rings. The molecule has 0 bridgehead atoms. The third-order valence-corrected chi connectivity index (χ3v) is 4.76. The average Bonchev–Trinajstić information content (AvgIpc) is 2.55. The molecule has 0 aromatic heterocycles. The summed E-state index contributed by atoms with van der Waals surface area (Å²) in [5, 5.41) is 6.27. The van der Waals surface area contributed by atoms with Crippen LogP contribution in [0.25, 0.3) is 0 Å². The zero-order valence-corrected chi connectivity index (χ0v) is 14.8. The predicted molar refractivity (Wildman–Crippen MR) is 95.1 cm³/mol. The normalized spacial score (nSPS) is 24.8. The highest BCUT2D eigenvalue weighted by atomic mass is 35.5. The Labute approximate surface area is 147 Å². The molecule has 0 N–H and O–H groups in total. The van der Waals surface area contributed by atoms with Crippen molar-refractivity contribution in [1.29, 1.82) is 0 Å². The number of benzene rings is 1. The van der Waals surface area contributed by atoms with Gasteiger partial charge in [0.2, 0.25) is 5.91 Å². The number of piperidine rings is 1. The molecule has 1 aromatic rings. The number of anilines is 1. The molecule has 0 saturated carbocycles. The summed E-state index contributed by atoms with van der Waals surface area (Å²) in [6.45, 7) is 5.86. The van der Waals surface area contributed by atoms with E-state index in [1.165, 1.54) is 5.01 Å². The molecule has 2 amide bonds. The fraction of sp³-hybridized carbons (Fsp3) is 0.500. The maximum Gasteiger partial charge on any atom is 0.270 e. The predicted octanol–water partition coefficient (Wildman–Crippen LogP) is 3.33. The van der Waals surface area contributed by atoms with Gasteiger partial charge < -0.3 is 4.90 Å². The van der Waals surface area contributed by atoms with Crippen LogP contribution in [0.1, 0.15) is 33.1 Å². The zero-order chi connectivity index (χ0) is 17.3. The first kappa shape index (κ1) is 17.0. The molecule has 1 saturated heterocycles. The van der Waals surface area contributed by atoms with Gasteiger partial charge in [-0.15, -0.1) is 0 Å². The first-order valence-electron chi connectivity index (χ1n) is 8.39. The number of carbonyl (C=O) groups excluding carboxylic acids is 2. The Hall–Kier alpha value is -1.88. The molecular formula is C18H22ClN3O2. The van der Waals surface area contributed by atoms with E-state index in [2.05, 4.69) is 18.9 Å². The smallest absolute Gasteiger partial charge is 0.270 e. The Morgan fingerprint density at radius 2 is 1.75 bits per heavy atom. The molecule has 24 heavy (non-hydrogen) atoms. The van der Waals surface area contributed by atoms with Gasteiger partial charge in [-0.1, -0.05) is 25.4 Å². The second-order valence-electron chi connectivity index (χ2n) is 6.88. The molecule has 0 unspecified atom stereocenters. The number of amides is 2. The van der Waals surface area contributed by atoms with Gasteiger partial charge in [0, 0.05) is 31.0 Å². The zero-order valence-electron chi connectivity index (χ0n) is 14.0. The summed E-state index contributed by atoms with van der Waals surface area (Å²) >= 11 is 5.89. The maximum absolute atomic E-state index is 12.8. The van der Waals surface area contributed by atoms with Crippen molar-refractivity contribution in [2.45, 2.75) is 33.1 Å². The molecule has 1 fully saturated rings. The van der Waals surface area contributed by atoms with Crippen molar-refractivity contribution < 1.29 is 9.59 Å². The Kier molecular flexibility index (Phi) is 4.90. The van der Waals surface area contributed by atoms with Gasteiger partial charge in [-0.3, -0.25) is 9.59 Å². The quantitative estimate of drug-likeness (QED) is 0.824. The van der Waals surface area contributed by atoms with Crippen LogP contribution in [0.3, 0.4) is 0 Å². The lowest BCUT2D eigenvalue weighted by Crippen LogP contribution is -2.47. The van der Waals surface area contributed by atoms with Crippen LogP contribution < -0.4 is 5.01 Å². The van der Waals surface area contributed by atoms with Crippen LogP contribution in [0.4, 0.5) is 5.69 Å². The first-order valence-corrected chi connectivity index (χ1v) is 8.77. The number of nitrogens with zero attached hydrogens (tertiary/aromatic N) is 3. The van der Waals surface area contributed by atoms with Crippen LogP contribution in [0.2, 0.25) is 5.02 Å². The Morgan fingerprint density at radius 3 is 2.38 bits per heavy atom. The third-order valence-electron chi connectivity index (χ3n) is 4.51. The van der Waals surface area contributed by atoms with Crippen LogP contribution in [0.15, 0.2) is 29.4 Å². The molecule has 2 heterocycles. The highest BCUT2D eigenvalue weighted by molar-refractivity contribution is 6.40. The van der Waals surface area contributed by atoms with Crippen molar-refractivity contribution in [3.8, 4) is 0 Å². The lowest BCUT2D eigenvalue weighted by atomic mass is 9.91. The van der Waals surface area contributed by atoms with Gasteiger partial charge in [0.25, 0.3) is 5.91 Å². The molecular weight excluding hydrogens is 326 g/mol. The molecule has 6 heteroatoms. The summed E-state index contributed by atoms with van der Waals surface area (Å²) in [4.78, 5) is 26.9. The molecule has 128 valence electrons. The molecule has 5 nitrogen and oxygen atoms in total. The van der Waals surface area contributed by atoms with Gasteiger partial charge in [-0.2, -0.15) is 5.10 Å². The van der Waals surface area contributed by atoms with Crippen LogP contribution in [-0.4, -0.2) is 35.5 Å². The van der Waals surface area contributed by atoms with E-state index in [1.807, 2.05) is 4.90 Å². The molecule has 1 aromatic carbocycles. The first-order chi connectivity index (χ1) is 11.4. The summed E-state index contributed by atoms with van der Waals surface area (Å²) < 4.78 is 0. The Balaban J connectivity index is 1.82. The molecule has 2 aliphatic heterocycles. The Morgan fingerprint density at radius 1 is 1.12 bits per heavy atom. The van der Waals surface area contributed by atoms with Gasteiger partial charge >= 0.3 is 0 Å². The van der Waals surface area contributed by atoms with Crippen LogP contribution in [0.5, 0.6) is 0 Å². The highest BCUT2D eigenvalue weighted by Crippen LogP contribution is 2.25. The van der Waals surface area contributed by atoms with E-state index >= 15 is 0 Å². The van der Waals surface area contributed by atoms with Crippen molar-refractivity contribution in [3.63, 3.8) is 0 Å². The van der Waals surface area contributed by atoms with E-state index < -0.39 is 0 Å². The number of rotatable bonds is 2. The largest absolute Gasteiger partial charge is 0.337 e. The van der Waals surface area contributed by atoms with E-state index in [9.17, 15) is 9.59 Å². The van der Waals surface area contributed by atoms with Crippen LogP contribution >= 0.6 is 11.6 Å². The van der Waals surface area contributed by atoms with Crippen LogP contribution in [-0.2, 0) is 9.59 Å². The maximum atomic E-state index is 12.8. The average molecular weight is 348 g/mol. The molecule has 3 rings (SSSR count). The third kappa shape index (κ3) is 3.61. The van der Waals surface area contributed by atoms with Gasteiger partial charge in [0.1, 0.15) is 5.71 Å². The minimum absolute atomic E-state index is 0.0418. The topological polar surface area (TPSA) is 53.0 Å². The van der Waals surface area contributed by atoms with E-state index in [0.717, 1.165) is 19.5 Å². The lowest BCUT2D eigenvalue weighted by molar-refractivity contribution is -0.126. The second kappa shape index (κ2) is 6.93. The second-order valence-corrected chi connectivity index (χ2v) is 7.32. The van der Waals surface area contributed by atoms with Gasteiger partial charge in [-0.25, -0.2) is 5.01 Å². The summed E-state index contributed by atoms with van der Waals surface area (Å²) in [6.07, 6.45) is 1.85. The van der Waals surface area contributed by atoms with E-state index in [1.54, 1.807) is 24.3 Å². The number of hydrogen-bond acceptors (Lipinski definition) is 3. The van der Waals surface area contributed by atoms with Crippen molar-refractivity contribution >= 4 is 34.8 Å². The minimum atomic E-state index is -0.103. The van der Waals surface area contributed by atoms with Crippen molar-refractivity contribution in [3.05, 3.63) is 29.3 Å².